The van der Waals surface area contributed by atoms with Gasteiger partial charge in [0.25, 0.3) is 0 Å². The van der Waals surface area contributed by atoms with Crippen molar-refractivity contribution in [2.45, 2.75) is 25.3 Å². The van der Waals surface area contributed by atoms with Gasteiger partial charge in [-0.1, -0.05) is 36.4 Å². The highest BCUT2D eigenvalue weighted by molar-refractivity contribution is 5.49. The van der Waals surface area contributed by atoms with E-state index in [1.165, 1.54) is 11.6 Å². The van der Waals surface area contributed by atoms with Crippen LogP contribution in [0, 0.1) is 5.82 Å². The Labute approximate surface area is 201 Å². The molecule has 1 atom stereocenters. The number of morpholine rings is 1. The van der Waals surface area contributed by atoms with Gasteiger partial charge in [-0.25, -0.2) is 9.37 Å². The monoisotopic (exact) mass is 461 g/mol. The van der Waals surface area contributed by atoms with Crippen LogP contribution in [0.5, 0.6) is 0 Å². The van der Waals surface area contributed by atoms with E-state index in [1.807, 2.05) is 24.4 Å². The lowest BCUT2D eigenvalue weighted by Gasteiger charge is -2.40. The fourth-order valence-corrected chi connectivity index (χ4v) is 4.90. The molecule has 178 valence electrons. The number of anilines is 3. The van der Waals surface area contributed by atoms with E-state index in [2.05, 4.69) is 39.0 Å². The van der Waals surface area contributed by atoms with Gasteiger partial charge in [0.05, 0.1) is 13.2 Å². The summed E-state index contributed by atoms with van der Waals surface area (Å²) in [6.45, 7) is 5.72. The SMILES string of the molecule is Fc1cccc(N2CCC[C@@H](N(CCc3ccccc3)c3nccc(N4CCOCC4)n3)C2)c1. The number of aromatic nitrogens is 2. The van der Waals surface area contributed by atoms with Crippen molar-refractivity contribution in [3.63, 3.8) is 0 Å². The van der Waals surface area contributed by atoms with Gasteiger partial charge in [-0.15, -0.1) is 0 Å². The summed E-state index contributed by atoms with van der Waals surface area (Å²) in [4.78, 5) is 16.6. The second kappa shape index (κ2) is 10.8. The number of ether oxygens (including phenoxy) is 1. The lowest BCUT2D eigenvalue weighted by molar-refractivity contribution is 0.122. The minimum Gasteiger partial charge on any atom is -0.378 e. The minimum absolute atomic E-state index is 0.192. The zero-order valence-electron chi connectivity index (χ0n) is 19.5. The van der Waals surface area contributed by atoms with E-state index in [0.717, 1.165) is 82.7 Å². The number of nitrogens with zero attached hydrogens (tertiary/aromatic N) is 5. The Morgan fingerprint density at radius 2 is 1.82 bits per heavy atom. The molecule has 0 radical (unpaired) electrons. The second-order valence-corrected chi connectivity index (χ2v) is 8.97. The van der Waals surface area contributed by atoms with Crippen molar-refractivity contribution in [1.29, 1.82) is 0 Å². The van der Waals surface area contributed by atoms with E-state index in [9.17, 15) is 4.39 Å². The van der Waals surface area contributed by atoms with Crippen molar-refractivity contribution in [2.75, 3.05) is 60.6 Å². The average molecular weight is 462 g/mol. The summed E-state index contributed by atoms with van der Waals surface area (Å²) in [5, 5.41) is 0. The van der Waals surface area contributed by atoms with Gasteiger partial charge in [-0.3, -0.25) is 0 Å². The molecule has 2 saturated heterocycles. The highest BCUT2D eigenvalue weighted by Gasteiger charge is 2.28. The van der Waals surface area contributed by atoms with Crippen LogP contribution in [0.1, 0.15) is 18.4 Å². The number of benzene rings is 2. The Morgan fingerprint density at radius 1 is 0.971 bits per heavy atom. The maximum absolute atomic E-state index is 13.9. The fourth-order valence-electron chi connectivity index (χ4n) is 4.90. The Balaban J connectivity index is 1.40. The van der Waals surface area contributed by atoms with Crippen molar-refractivity contribution in [1.82, 2.24) is 9.97 Å². The first-order valence-electron chi connectivity index (χ1n) is 12.2. The second-order valence-electron chi connectivity index (χ2n) is 8.97. The number of halogens is 1. The maximum atomic E-state index is 13.9. The molecule has 0 saturated carbocycles. The molecule has 3 aromatic rings. The highest BCUT2D eigenvalue weighted by atomic mass is 19.1. The zero-order chi connectivity index (χ0) is 23.2. The van der Waals surface area contributed by atoms with Gasteiger partial charge >= 0.3 is 0 Å². The van der Waals surface area contributed by atoms with E-state index < -0.39 is 0 Å². The number of rotatable bonds is 7. The van der Waals surface area contributed by atoms with Gasteiger partial charge in [0.1, 0.15) is 11.6 Å². The smallest absolute Gasteiger partial charge is 0.227 e. The molecule has 34 heavy (non-hydrogen) atoms. The van der Waals surface area contributed by atoms with E-state index in [-0.39, 0.29) is 11.9 Å². The lowest BCUT2D eigenvalue weighted by Crippen LogP contribution is -2.49. The van der Waals surface area contributed by atoms with Crippen molar-refractivity contribution < 1.29 is 9.13 Å². The van der Waals surface area contributed by atoms with Crippen LogP contribution >= 0.6 is 0 Å². The maximum Gasteiger partial charge on any atom is 0.227 e. The lowest BCUT2D eigenvalue weighted by atomic mass is 10.0. The topological polar surface area (TPSA) is 44.7 Å². The first kappa shape index (κ1) is 22.6. The largest absolute Gasteiger partial charge is 0.378 e. The summed E-state index contributed by atoms with van der Waals surface area (Å²) in [7, 11) is 0. The Hall–Kier alpha value is -3.19. The normalized spacial score (nSPS) is 18.7. The molecule has 3 heterocycles. The minimum atomic E-state index is -0.192. The molecular formula is C27H32FN5O. The molecule has 2 fully saturated rings. The molecular weight excluding hydrogens is 429 g/mol. The van der Waals surface area contributed by atoms with Crippen LogP contribution in [0.3, 0.4) is 0 Å². The molecule has 0 bridgehead atoms. The van der Waals surface area contributed by atoms with Crippen LogP contribution in [-0.2, 0) is 11.2 Å². The molecule has 0 aliphatic carbocycles. The summed E-state index contributed by atoms with van der Waals surface area (Å²) in [5.74, 6) is 1.53. The van der Waals surface area contributed by atoms with Gasteiger partial charge < -0.3 is 19.4 Å². The fraction of sp³-hybridized carbons (Fsp3) is 0.407. The zero-order valence-corrected chi connectivity index (χ0v) is 19.5. The Bertz CT molecular complexity index is 1060. The van der Waals surface area contributed by atoms with Gasteiger partial charge in [-0.2, -0.15) is 4.98 Å². The molecule has 2 aliphatic rings. The van der Waals surface area contributed by atoms with Gasteiger partial charge in [-0.05, 0) is 49.1 Å². The number of hydrogen-bond acceptors (Lipinski definition) is 6. The molecule has 1 aromatic heterocycles. The van der Waals surface area contributed by atoms with Crippen LogP contribution in [0.2, 0.25) is 0 Å². The number of piperidine rings is 1. The summed E-state index contributed by atoms with van der Waals surface area (Å²) in [6.07, 6.45) is 4.90. The van der Waals surface area contributed by atoms with E-state index in [0.29, 0.717) is 0 Å². The van der Waals surface area contributed by atoms with Crippen LogP contribution < -0.4 is 14.7 Å². The Kier molecular flexibility index (Phi) is 7.19. The van der Waals surface area contributed by atoms with Crippen LogP contribution in [0.4, 0.5) is 21.8 Å². The molecule has 0 spiro atoms. The molecule has 5 rings (SSSR count). The van der Waals surface area contributed by atoms with E-state index in [1.54, 1.807) is 12.1 Å². The third-order valence-corrected chi connectivity index (χ3v) is 6.71. The molecule has 2 aliphatic heterocycles. The van der Waals surface area contributed by atoms with Gasteiger partial charge in [0.2, 0.25) is 5.95 Å². The molecule has 2 aromatic carbocycles. The molecule has 6 nitrogen and oxygen atoms in total. The Morgan fingerprint density at radius 3 is 2.65 bits per heavy atom. The molecule has 0 unspecified atom stereocenters. The highest BCUT2D eigenvalue weighted by Crippen LogP contribution is 2.26. The van der Waals surface area contributed by atoms with Crippen molar-refractivity contribution in [2.24, 2.45) is 0 Å². The van der Waals surface area contributed by atoms with Gasteiger partial charge in [0.15, 0.2) is 0 Å². The number of hydrogen-bond donors (Lipinski definition) is 0. The first-order valence-corrected chi connectivity index (χ1v) is 12.2. The van der Waals surface area contributed by atoms with Crippen molar-refractivity contribution in [3.05, 3.63) is 78.2 Å². The predicted octanol–water partition coefficient (Wildman–Crippen LogP) is 4.17. The van der Waals surface area contributed by atoms with Crippen LogP contribution in [-0.4, -0.2) is 61.9 Å². The molecule has 7 heteroatoms. The predicted molar refractivity (Wildman–Crippen MR) is 134 cm³/mol. The van der Waals surface area contributed by atoms with E-state index in [4.69, 9.17) is 14.7 Å². The third-order valence-electron chi connectivity index (χ3n) is 6.71. The van der Waals surface area contributed by atoms with Crippen molar-refractivity contribution in [3.8, 4) is 0 Å². The summed E-state index contributed by atoms with van der Waals surface area (Å²) >= 11 is 0. The summed E-state index contributed by atoms with van der Waals surface area (Å²) < 4.78 is 19.4. The molecule has 0 amide bonds. The first-order chi connectivity index (χ1) is 16.8. The third kappa shape index (κ3) is 5.47. The standard InChI is InChI=1S/C27H32FN5O/c28-23-8-4-9-24(20-23)32-14-5-10-25(21-32)33(15-12-22-6-2-1-3-7-22)27-29-13-11-26(30-27)31-16-18-34-19-17-31/h1-4,6-9,11,13,20,25H,5,10,12,14-19,21H2/t25-/m1/s1. The quantitative estimate of drug-likeness (QED) is 0.526. The van der Waals surface area contributed by atoms with E-state index >= 15 is 0 Å². The van der Waals surface area contributed by atoms with Crippen molar-refractivity contribution >= 4 is 17.5 Å². The van der Waals surface area contributed by atoms with Gasteiger partial charge in [0, 0.05) is 50.6 Å². The summed E-state index contributed by atoms with van der Waals surface area (Å²) in [5.41, 5.74) is 2.24. The summed E-state index contributed by atoms with van der Waals surface area (Å²) in [6, 6.07) is 19.7. The molecule has 0 N–H and O–H groups in total. The van der Waals surface area contributed by atoms with Crippen LogP contribution in [0.15, 0.2) is 66.9 Å². The van der Waals surface area contributed by atoms with Crippen LogP contribution in [0.25, 0.3) is 0 Å². The average Bonchev–Trinajstić information content (AvgIpc) is 2.90.